The van der Waals surface area contributed by atoms with Gasteiger partial charge in [-0.15, -0.1) is 0 Å². The third kappa shape index (κ3) is 36.8. The number of carbonyl (C=O) groups excluding carboxylic acids is 2. The largest absolute Gasteiger partial charge is 0.462 e. The second-order valence-corrected chi connectivity index (χ2v) is 20.0. The molecule has 382 valence electrons. The van der Waals surface area contributed by atoms with E-state index in [2.05, 4.69) is 38.2 Å². The summed E-state index contributed by atoms with van der Waals surface area (Å²) < 4.78 is 54.2. The predicted molar refractivity (Wildman–Crippen MR) is 261 cm³/mol. The van der Waals surface area contributed by atoms with Gasteiger partial charge in [0, 0.05) is 12.8 Å². The first-order valence-electron chi connectivity index (χ1n) is 26.4. The molecule has 4 N–H and O–H groups in total. The lowest BCUT2D eigenvalue weighted by molar-refractivity contribution is -0.297. The molecule has 0 aromatic heterocycles. The van der Waals surface area contributed by atoms with Gasteiger partial charge < -0.3 is 34.3 Å². The van der Waals surface area contributed by atoms with Crippen molar-refractivity contribution in [2.75, 3.05) is 19.0 Å². The predicted octanol–water partition coefficient (Wildman–Crippen LogP) is 12.0. The summed E-state index contributed by atoms with van der Waals surface area (Å²) in [4.78, 5) is 25.5. The Balaban J connectivity index is 2.34. The van der Waals surface area contributed by atoms with Gasteiger partial charge in [0.15, 0.2) is 12.4 Å². The molecule has 0 spiro atoms. The average molecular weight is 945 g/mol. The smallest absolute Gasteiger partial charge is 0.306 e. The Labute approximate surface area is 396 Å². The Hall–Kier alpha value is -1.87. The van der Waals surface area contributed by atoms with E-state index < -0.39 is 71.2 Å². The van der Waals surface area contributed by atoms with Crippen LogP contribution in [0.1, 0.15) is 239 Å². The molecular formula is C52H96O12S. The topological polar surface area (TPSA) is 186 Å². The van der Waals surface area contributed by atoms with E-state index >= 15 is 0 Å². The number of ether oxygens (including phenoxy) is 4. The number of hydrogen-bond donors (Lipinski definition) is 4. The fraction of sp³-hybridized carbons (Fsp3) is 0.885. The maximum Gasteiger partial charge on any atom is 0.306 e. The molecule has 6 atom stereocenters. The van der Waals surface area contributed by atoms with Crippen LogP contribution < -0.4 is 0 Å². The third-order valence-corrected chi connectivity index (χ3v) is 13.0. The molecule has 0 amide bonds. The van der Waals surface area contributed by atoms with Gasteiger partial charge in [-0.05, 0) is 44.9 Å². The first-order chi connectivity index (χ1) is 31.5. The van der Waals surface area contributed by atoms with Gasteiger partial charge in [0.2, 0.25) is 0 Å². The van der Waals surface area contributed by atoms with Crippen LogP contribution in [0, 0.1) is 0 Å². The van der Waals surface area contributed by atoms with Crippen LogP contribution in [0.5, 0.6) is 0 Å². The van der Waals surface area contributed by atoms with Gasteiger partial charge in [-0.1, -0.05) is 205 Å². The van der Waals surface area contributed by atoms with E-state index in [1.807, 2.05) is 0 Å². The van der Waals surface area contributed by atoms with Gasteiger partial charge >= 0.3 is 11.9 Å². The molecule has 13 heteroatoms. The molecule has 0 aromatic rings. The average Bonchev–Trinajstić information content (AvgIpc) is 3.27. The lowest BCUT2D eigenvalue weighted by Gasteiger charge is -2.40. The molecule has 2 unspecified atom stereocenters. The number of esters is 2. The van der Waals surface area contributed by atoms with Crippen molar-refractivity contribution in [2.45, 2.75) is 275 Å². The second-order valence-electron chi connectivity index (χ2n) is 18.5. The minimum Gasteiger partial charge on any atom is -0.462 e. The van der Waals surface area contributed by atoms with Crippen molar-refractivity contribution in [3.8, 4) is 0 Å². The molecule has 65 heavy (non-hydrogen) atoms. The molecule has 1 aliphatic heterocycles. The highest BCUT2D eigenvalue weighted by molar-refractivity contribution is 7.85. The summed E-state index contributed by atoms with van der Waals surface area (Å²) in [5, 5.41) is 31.0. The molecule has 0 aromatic carbocycles. The van der Waals surface area contributed by atoms with E-state index in [4.69, 9.17) is 18.9 Å². The van der Waals surface area contributed by atoms with Crippen molar-refractivity contribution in [3.05, 3.63) is 24.3 Å². The normalized spacial score (nSPS) is 19.6. The van der Waals surface area contributed by atoms with Gasteiger partial charge in [0.05, 0.1) is 6.61 Å². The van der Waals surface area contributed by atoms with Crippen LogP contribution in [0.4, 0.5) is 0 Å². The lowest BCUT2D eigenvalue weighted by atomic mass is 10.00. The summed E-state index contributed by atoms with van der Waals surface area (Å²) in [6.45, 7) is 3.76. The number of rotatable bonds is 45. The van der Waals surface area contributed by atoms with E-state index in [1.54, 1.807) is 0 Å². The fourth-order valence-electron chi connectivity index (χ4n) is 8.18. The van der Waals surface area contributed by atoms with Gasteiger partial charge in [-0.3, -0.25) is 14.1 Å². The monoisotopic (exact) mass is 945 g/mol. The van der Waals surface area contributed by atoms with Crippen molar-refractivity contribution in [1.82, 2.24) is 0 Å². The van der Waals surface area contributed by atoms with Crippen LogP contribution in [-0.2, 0) is 38.7 Å². The SMILES string of the molecule is CCCCCCCC/C=C/C/C=C/CCCCC(=O)O[C@H](COC(=O)CCCCCCCCCCCCCCCCCCCCCCCC)CO[C@H]1O[C@H](CS(=O)(=O)O)[C@@H](O)C(O)C1O. The Bertz CT molecular complexity index is 1290. The maximum atomic E-state index is 12.8. The van der Waals surface area contributed by atoms with E-state index in [0.717, 1.165) is 44.9 Å². The summed E-state index contributed by atoms with van der Waals surface area (Å²) in [5.74, 6) is -2.01. The molecule has 1 saturated heterocycles. The fourth-order valence-corrected chi connectivity index (χ4v) is 8.87. The van der Waals surface area contributed by atoms with Crippen molar-refractivity contribution in [1.29, 1.82) is 0 Å². The van der Waals surface area contributed by atoms with E-state index in [1.165, 1.54) is 154 Å². The maximum absolute atomic E-state index is 12.8. The zero-order valence-electron chi connectivity index (χ0n) is 41.1. The van der Waals surface area contributed by atoms with Crippen LogP contribution in [0.2, 0.25) is 0 Å². The first kappa shape index (κ1) is 61.1. The zero-order valence-corrected chi connectivity index (χ0v) is 41.9. The van der Waals surface area contributed by atoms with Crippen LogP contribution in [0.3, 0.4) is 0 Å². The zero-order chi connectivity index (χ0) is 47.6. The molecule has 1 rings (SSSR count). The van der Waals surface area contributed by atoms with Crippen molar-refractivity contribution in [3.63, 3.8) is 0 Å². The molecule has 1 aliphatic rings. The molecule has 0 aliphatic carbocycles. The van der Waals surface area contributed by atoms with Crippen molar-refractivity contribution in [2.24, 2.45) is 0 Å². The highest BCUT2D eigenvalue weighted by Gasteiger charge is 2.46. The Morgan fingerprint density at radius 1 is 0.523 bits per heavy atom. The highest BCUT2D eigenvalue weighted by Crippen LogP contribution is 2.24. The number of unbranched alkanes of at least 4 members (excludes halogenated alkanes) is 29. The third-order valence-electron chi connectivity index (χ3n) is 12.3. The van der Waals surface area contributed by atoms with Gasteiger partial charge in [0.1, 0.15) is 36.8 Å². The molecule has 0 radical (unpaired) electrons. The first-order valence-corrected chi connectivity index (χ1v) is 28.0. The second kappa shape index (κ2) is 42.2. The summed E-state index contributed by atoms with van der Waals surface area (Å²) >= 11 is 0. The summed E-state index contributed by atoms with van der Waals surface area (Å²) in [5.41, 5.74) is 0. The van der Waals surface area contributed by atoms with Crippen molar-refractivity contribution >= 4 is 22.1 Å². The summed E-state index contributed by atoms with van der Waals surface area (Å²) in [7, 11) is -4.61. The number of allylic oxidation sites excluding steroid dienone is 4. The Morgan fingerprint density at radius 3 is 1.38 bits per heavy atom. The van der Waals surface area contributed by atoms with Crippen LogP contribution in [-0.4, -0.2) is 96.0 Å². The quantitative estimate of drug-likeness (QED) is 0.0196. The highest BCUT2D eigenvalue weighted by atomic mass is 32.2. The number of hydrogen-bond acceptors (Lipinski definition) is 11. The van der Waals surface area contributed by atoms with E-state index in [-0.39, 0.29) is 19.4 Å². The van der Waals surface area contributed by atoms with Gasteiger partial charge in [0.25, 0.3) is 10.1 Å². The Morgan fingerprint density at radius 2 is 0.923 bits per heavy atom. The van der Waals surface area contributed by atoms with E-state index in [0.29, 0.717) is 12.8 Å². The van der Waals surface area contributed by atoms with E-state index in [9.17, 15) is 37.9 Å². The molecule has 12 nitrogen and oxygen atoms in total. The molecule has 1 fully saturated rings. The molecule has 1 heterocycles. The van der Waals surface area contributed by atoms with Gasteiger partial charge in [-0.2, -0.15) is 8.42 Å². The minimum absolute atomic E-state index is 0.125. The standard InChI is InChI=1S/C52H96O12S/c1-3-5-7-9-11-13-15-17-19-20-21-22-23-24-25-27-28-30-32-34-36-38-40-47(53)61-42-45(43-62-52-51(57)50(56)49(55)46(64-52)44-65(58,59)60)63-48(54)41-39-37-35-33-31-29-26-18-16-14-12-10-8-6-4-2/h18,26,31,33,45-46,49-52,55-57H,3-17,19-25,27-30,32,34-44H2,1-2H3,(H,58,59,60)/b26-18+,33-31+/t45-,46-,49-,50?,51?,52+/m1/s1. The lowest BCUT2D eigenvalue weighted by Crippen LogP contribution is -2.60. The number of aliphatic hydroxyl groups excluding tert-OH is 3. The van der Waals surface area contributed by atoms with Crippen LogP contribution in [0.25, 0.3) is 0 Å². The molecule has 0 bridgehead atoms. The van der Waals surface area contributed by atoms with Crippen molar-refractivity contribution < 1.29 is 56.8 Å². The molecular weight excluding hydrogens is 849 g/mol. The van der Waals surface area contributed by atoms with Crippen LogP contribution >= 0.6 is 0 Å². The minimum atomic E-state index is -4.61. The van der Waals surface area contributed by atoms with Gasteiger partial charge in [-0.25, -0.2) is 0 Å². The summed E-state index contributed by atoms with van der Waals surface area (Å²) in [6, 6.07) is 0. The molecule has 0 saturated carbocycles. The Kier molecular flexibility index (Phi) is 39.7. The van der Waals surface area contributed by atoms with Crippen LogP contribution in [0.15, 0.2) is 24.3 Å². The number of carbonyl (C=O) groups is 2. The number of aliphatic hydroxyl groups is 3. The summed E-state index contributed by atoms with van der Waals surface area (Å²) in [6.07, 6.45) is 39.4.